The van der Waals surface area contributed by atoms with E-state index in [0.29, 0.717) is 25.0 Å². The summed E-state index contributed by atoms with van der Waals surface area (Å²) in [5.41, 5.74) is 0.729. The molecule has 1 aromatic heterocycles. The summed E-state index contributed by atoms with van der Waals surface area (Å²) in [5.74, 6) is 0.630. The van der Waals surface area contributed by atoms with Crippen molar-refractivity contribution in [3.05, 3.63) is 17.5 Å². The second kappa shape index (κ2) is 7.13. The monoisotopic (exact) mass is 267 g/mol. The fraction of sp³-hybridized carbons (Fsp3) is 0.692. The van der Waals surface area contributed by atoms with Crippen molar-refractivity contribution in [3.63, 3.8) is 0 Å². The minimum atomic E-state index is -0.142. The minimum absolute atomic E-state index is 0.142. The van der Waals surface area contributed by atoms with Gasteiger partial charge >= 0.3 is 6.03 Å². The van der Waals surface area contributed by atoms with Crippen LogP contribution < -0.4 is 10.6 Å². The standard InChI is InChI=1S/C13H21N3O3/c1-18-9-11-7-12(19-16-11)8-14-13(17)15-10-5-3-2-4-6-10/h7,10H,2-6,8-9H2,1H3,(H2,14,15,17). The molecule has 0 aromatic carbocycles. The molecule has 1 saturated carbocycles. The Morgan fingerprint density at radius 2 is 2.26 bits per heavy atom. The number of aromatic nitrogens is 1. The molecule has 0 radical (unpaired) electrons. The van der Waals surface area contributed by atoms with Gasteiger partial charge in [-0.15, -0.1) is 0 Å². The molecule has 0 aliphatic heterocycles. The third-order valence-electron chi connectivity index (χ3n) is 3.26. The normalized spacial score (nSPS) is 16.3. The number of amides is 2. The lowest BCUT2D eigenvalue weighted by atomic mass is 9.96. The molecule has 0 saturated heterocycles. The zero-order valence-corrected chi connectivity index (χ0v) is 11.3. The number of nitrogens with zero attached hydrogens (tertiary/aromatic N) is 1. The van der Waals surface area contributed by atoms with E-state index >= 15 is 0 Å². The van der Waals surface area contributed by atoms with Crippen LogP contribution in [0.15, 0.2) is 10.6 Å². The third-order valence-corrected chi connectivity index (χ3v) is 3.26. The van der Waals surface area contributed by atoms with Crippen molar-refractivity contribution in [2.24, 2.45) is 0 Å². The Kier molecular flexibility index (Phi) is 5.20. The highest BCUT2D eigenvalue weighted by Crippen LogP contribution is 2.17. The van der Waals surface area contributed by atoms with E-state index in [1.165, 1.54) is 19.3 Å². The molecule has 1 aromatic rings. The van der Waals surface area contributed by atoms with E-state index < -0.39 is 0 Å². The Balaban J connectivity index is 1.69. The first-order valence-corrected chi connectivity index (χ1v) is 6.75. The number of hydrogen-bond acceptors (Lipinski definition) is 4. The van der Waals surface area contributed by atoms with E-state index in [1.54, 1.807) is 13.2 Å². The van der Waals surface area contributed by atoms with Crippen molar-refractivity contribution in [2.75, 3.05) is 7.11 Å². The van der Waals surface area contributed by atoms with Crippen LogP contribution >= 0.6 is 0 Å². The van der Waals surface area contributed by atoms with Crippen molar-refractivity contribution < 1.29 is 14.1 Å². The van der Waals surface area contributed by atoms with Gasteiger partial charge in [-0.25, -0.2) is 4.79 Å². The molecule has 2 amide bonds. The number of carbonyl (C=O) groups excluding carboxylic acids is 1. The zero-order chi connectivity index (χ0) is 13.5. The number of ether oxygens (including phenoxy) is 1. The SMILES string of the molecule is COCc1cc(CNC(=O)NC2CCCCC2)on1. The van der Waals surface area contributed by atoms with Crippen LogP contribution in [0.1, 0.15) is 43.6 Å². The Morgan fingerprint density at radius 3 is 3.00 bits per heavy atom. The zero-order valence-electron chi connectivity index (χ0n) is 11.3. The van der Waals surface area contributed by atoms with Crippen LogP contribution in [-0.2, 0) is 17.9 Å². The quantitative estimate of drug-likeness (QED) is 0.855. The second-order valence-corrected chi connectivity index (χ2v) is 4.88. The number of hydrogen-bond donors (Lipinski definition) is 2. The van der Waals surface area contributed by atoms with E-state index in [0.717, 1.165) is 18.5 Å². The molecule has 106 valence electrons. The lowest BCUT2D eigenvalue weighted by Crippen LogP contribution is -2.42. The number of methoxy groups -OCH3 is 1. The highest BCUT2D eigenvalue weighted by Gasteiger charge is 2.15. The van der Waals surface area contributed by atoms with E-state index in [2.05, 4.69) is 15.8 Å². The summed E-state index contributed by atoms with van der Waals surface area (Å²) in [6.45, 7) is 0.757. The molecule has 1 aliphatic carbocycles. The van der Waals surface area contributed by atoms with Crippen LogP contribution in [0.5, 0.6) is 0 Å². The molecule has 19 heavy (non-hydrogen) atoms. The van der Waals surface area contributed by atoms with Crippen LogP contribution in [0.4, 0.5) is 4.79 Å². The molecule has 0 bridgehead atoms. The Hall–Kier alpha value is -1.56. The van der Waals surface area contributed by atoms with Gasteiger partial charge in [-0.05, 0) is 12.8 Å². The molecular formula is C13H21N3O3. The minimum Gasteiger partial charge on any atom is -0.378 e. The molecular weight excluding hydrogens is 246 g/mol. The van der Waals surface area contributed by atoms with Crippen LogP contribution in [0.25, 0.3) is 0 Å². The lowest BCUT2D eigenvalue weighted by molar-refractivity contribution is 0.177. The molecule has 6 heteroatoms. The Bertz CT molecular complexity index is 400. The van der Waals surface area contributed by atoms with Crippen molar-refractivity contribution in [1.82, 2.24) is 15.8 Å². The first-order chi connectivity index (χ1) is 9.28. The van der Waals surface area contributed by atoms with Crippen LogP contribution in [-0.4, -0.2) is 24.3 Å². The highest BCUT2D eigenvalue weighted by molar-refractivity contribution is 5.74. The van der Waals surface area contributed by atoms with Gasteiger partial charge in [0.15, 0.2) is 5.76 Å². The van der Waals surface area contributed by atoms with Gasteiger partial charge in [0.05, 0.1) is 13.2 Å². The van der Waals surface area contributed by atoms with Gasteiger partial charge in [0, 0.05) is 19.2 Å². The lowest BCUT2D eigenvalue weighted by Gasteiger charge is -2.22. The van der Waals surface area contributed by atoms with E-state index in [9.17, 15) is 4.79 Å². The summed E-state index contributed by atoms with van der Waals surface area (Å²) in [6, 6.07) is 1.95. The van der Waals surface area contributed by atoms with Gasteiger partial charge in [0.1, 0.15) is 5.69 Å². The molecule has 0 unspecified atom stereocenters. The summed E-state index contributed by atoms with van der Waals surface area (Å²) in [4.78, 5) is 11.7. The maximum atomic E-state index is 11.7. The number of rotatable bonds is 5. The molecule has 6 nitrogen and oxygen atoms in total. The molecule has 0 atom stereocenters. The van der Waals surface area contributed by atoms with E-state index in [4.69, 9.17) is 9.26 Å². The van der Waals surface area contributed by atoms with Gasteiger partial charge in [-0.3, -0.25) is 0 Å². The molecule has 0 spiro atoms. The maximum absolute atomic E-state index is 11.7. The van der Waals surface area contributed by atoms with Gasteiger partial charge in [-0.1, -0.05) is 24.4 Å². The van der Waals surface area contributed by atoms with E-state index in [1.807, 2.05) is 0 Å². The van der Waals surface area contributed by atoms with Crippen molar-refractivity contribution in [2.45, 2.75) is 51.3 Å². The molecule has 1 heterocycles. The predicted octanol–water partition coefficient (Wildman–Crippen LogP) is 1.95. The Labute approximate surface area is 112 Å². The Morgan fingerprint density at radius 1 is 1.47 bits per heavy atom. The maximum Gasteiger partial charge on any atom is 0.315 e. The summed E-state index contributed by atoms with van der Waals surface area (Å²) in [7, 11) is 1.60. The van der Waals surface area contributed by atoms with Crippen LogP contribution in [0.3, 0.4) is 0 Å². The average Bonchev–Trinajstić information content (AvgIpc) is 2.86. The average molecular weight is 267 g/mol. The first-order valence-electron chi connectivity index (χ1n) is 6.75. The third kappa shape index (κ3) is 4.55. The van der Waals surface area contributed by atoms with E-state index in [-0.39, 0.29) is 6.03 Å². The van der Waals surface area contributed by atoms with Gasteiger partial charge in [-0.2, -0.15) is 0 Å². The first kappa shape index (κ1) is 13.9. The van der Waals surface area contributed by atoms with Gasteiger partial charge in [0.2, 0.25) is 0 Å². The largest absolute Gasteiger partial charge is 0.378 e. The van der Waals surface area contributed by atoms with Crippen LogP contribution in [0, 0.1) is 0 Å². The molecule has 1 aliphatic rings. The fourth-order valence-corrected chi connectivity index (χ4v) is 2.31. The van der Waals surface area contributed by atoms with Crippen molar-refractivity contribution >= 4 is 6.03 Å². The summed E-state index contributed by atoms with van der Waals surface area (Å²) >= 11 is 0. The summed E-state index contributed by atoms with van der Waals surface area (Å²) < 4.78 is 10.0. The number of urea groups is 1. The number of carbonyl (C=O) groups is 1. The smallest absolute Gasteiger partial charge is 0.315 e. The van der Waals surface area contributed by atoms with Gasteiger partial charge in [0.25, 0.3) is 0 Å². The van der Waals surface area contributed by atoms with Crippen molar-refractivity contribution in [3.8, 4) is 0 Å². The second-order valence-electron chi connectivity index (χ2n) is 4.88. The highest BCUT2D eigenvalue weighted by atomic mass is 16.5. The molecule has 2 N–H and O–H groups in total. The number of nitrogens with one attached hydrogen (secondary N) is 2. The predicted molar refractivity (Wildman–Crippen MR) is 69.5 cm³/mol. The molecule has 1 fully saturated rings. The van der Waals surface area contributed by atoms with Gasteiger partial charge < -0.3 is 19.9 Å². The topological polar surface area (TPSA) is 76.4 Å². The van der Waals surface area contributed by atoms with Crippen LogP contribution in [0.2, 0.25) is 0 Å². The van der Waals surface area contributed by atoms with Crippen molar-refractivity contribution in [1.29, 1.82) is 0 Å². The summed E-state index contributed by atoms with van der Waals surface area (Å²) in [5, 5.41) is 9.59. The molecule has 2 rings (SSSR count). The summed E-state index contributed by atoms with van der Waals surface area (Å²) in [6.07, 6.45) is 5.84. The fourth-order valence-electron chi connectivity index (χ4n) is 2.31.